The van der Waals surface area contributed by atoms with Gasteiger partial charge in [0, 0.05) is 0 Å². The van der Waals surface area contributed by atoms with Crippen LogP contribution in [0.3, 0.4) is 0 Å². The first-order valence-corrected chi connectivity index (χ1v) is 18.7. The maximum absolute atomic E-state index is 8.25. The van der Waals surface area contributed by atoms with Crippen LogP contribution in [-0.2, 0) is 22.1 Å². The van der Waals surface area contributed by atoms with Crippen molar-refractivity contribution in [3.63, 3.8) is 0 Å². The van der Waals surface area contributed by atoms with Crippen molar-refractivity contribution in [1.82, 2.24) is 0 Å². The standard InChI is InChI=1S/2C8H13P.2CH3O.Zr/c2*1-5-6(2)8(4)9-7(5)3;2*1-2;/h2*7H,1-4H3;2*1H3;/q;;2*-1;/p+2. The van der Waals surface area contributed by atoms with Gasteiger partial charge >= 0.3 is 131 Å². The van der Waals surface area contributed by atoms with E-state index in [9.17, 15) is 0 Å². The SMILES string of the molecule is CC1=C(C)C(C)[PH]([Zr+2][PH]2=C(C)C(C)=C(C)C2C)=C1C.C[O-].C[O-]. The summed E-state index contributed by atoms with van der Waals surface area (Å²) < 4.78 is 0. The van der Waals surface area contributed by atoms with Crippen LogP contribution >= 0.6 is 9.68 Å². The van der Waals surface area contributed by atoms with Gasteiger partial charge in [-0.15, -0.1) is 0 Å². The third-order valence-electron chi connectivity index (χ3n) is 5.55. The number of rotatable bonds is 2. The first-order chi connectivity index (χ1) is 10.8. The Morgan fingerprint density at radius 1 is 0.652 bits per heavy atom. The minimum Gasteiger partial charge on any atom is -0.857 e. The van der Waals surface area contributed by atoms with Gasteiger partial charge < -0.3 is 10.2 Å². The van der Waals surface area contributed by atoms with E-state index < -0.39 is 0 Å². The van der Waals surface area contributed by atoms with Crippen LogP contribution in [0.1, 0.15) is 55.4 Å². The number of hydrogen-bond donors (Lipinski definition) is 0. The Bertz CT molecular complexity index is 522. The third-order valence-corrected chi connectivity index (χ3v) is 36.5. The smallest absolute Gasteiger partial charge is 0.153 e. The minimum atomic E-state index is -0.231. The average Bonchev–Trinajstić information content (AvgIpc) is 2.88. The predicted octanol–water partition coefficient (Wildman–Crippen LogP) is 3.14. The largest absolute Gasteiger partial charge is 0.857 e. The van der Waals surface area contributed by atoms with E-state index in [1.54, 1.807) is 22.3 Å². The minimum absolute atomic E-state index is 0.149. The van der Waals surface area contributed by atoms with Crippen molar-refractivity contribution >= 4 is 20.3 Å². The molecule has 0 aliphatic carbocycles. The van der Waals surface area contributed by atoms with Crippen molar-refractivity contribution in [3.05, 3.63) is 22.3 Å². The molecule has 0 aromatic rings. The Kier molecular flexibility index (Phi) is 11.2. The Balaban J connectivity index is 0.00000112. The van der Waals surface area contributed by atoms with Crippen LogP contribution in [0.2, 0.25) is 0 Å². The van der Waals surface area contributed by atoms with Crippen molar-refractivity contribution in [2.24, 2.45) is 0 Å². The van der Waals surface area contributed by atoms with Crippen molar-refractivity contribution < 1.29 is 32.3 Å². The second kappa shape index (κ2) is 10.8. The predicted molar refractivity (Wildman–Crippen MR) is 106 cm³/mol. The molecule has 0 saturated heterocycles. The monoisotopic (exact) mass is 434 g/mol. The van der Waals surface area contributed by atoms with E-state index in [0.29, 0.717) is 0 Å². The molecule has 0 fully saturated rings. The van der Waals surface area contributed by atoms with Gasteiger partial charge in [0.05, 0.1) is 0 Å². The quantitative estimate of drug-likeness (QED) is 0.626. The van der Waals surface area contributed by atoms with Crippen LogP contribution in [-0.4, -0.2) is 36.1 Å². The molecule has 0 aromatic carbocycles. The fraction of sp³-hybridized carbons (Fsp3) is 0.667. The first-order valence-electron chi connectivity index (χ1n) is 8.13. The zero-order valence-electron chi connectivity index (χ0n) is 16.5. The maximum atomic E-state index is 8.25. The molecule has 0 N–H and O–H groups in total. The molecule has 0 spiro atoms. The summed E-state index contributed by atoms with van der Waals surface area (Å²) in [7, 11) is 1.50. The molecule has 0 amide bonds. The molecule has 2 rings (SSSR count). The van der Waals surface area contributed by atoms with Crippen molar-refractivity contribution in [2.75, 3.05) is 14.2 Å². The number of allylic oxidation sites excluding steroid dienone is 4. The molecule has 4 atom stereocenters. The molecule has 23 heavy (non-hydrogen) atoms. The van der Waals surface area contributed by atoms with Gasteiger partial charge in [0.1, 0.15) is 0 Å². The molecular formula is C18H34O2P2Zr. The number of hydrogen-bond acceptors (Lipinski definition) is 2. The summed E-state index contributed by atoms with van der Waals surface area (Å²) in [5, 5.41) is 20.2. The Morgan fingerprint density at radius 3 is 1.09 bits per heavy atom. The summed E-state index contributed by atoms with van der Waals surface area (Å²) in [4.78, 5) is -0.298. The summed E-state index contributed by atoms with van der Waals surface area (Å²) in [6, 6.07) is 0. The zero-order valence-corrected chi connectivity index (χ0v) is 20.9. The van der Waals surface area contributed by atoms with E-state index in [2.05, 4.69) is 55.4 Å². The molecule has 0 bridgehead atoms. The first kappa shape index (κ1) is 23.9. The molecule has 2 nitrogen and oxygen atoms in total. The van der Waals surface area contributed by atoms with Crippen molar-refractivity contribution in [1.29, 1.82) is 0 Å². The summed E-state index contributed by atoms with van der Waals surface area (Å²) in [5.41, 5.74) is 8.68. The van der Waals surface area contributed by atoms with Crippen molar-refractivity contribution in [3.8, 4) is 0 Å². The maximum Gasteiger partial charge on any atom is -0.153 e. The Morgan fingerprint density at radius 2 is 0.913 bits per heavy atom. The summed E-state index contributed by atoms with van der Waals surface area (Å²) in [5.74, 6) is 0. The van der Waals surface area contributed by atoms with Crippen LogP contribution in [0.4, 0.5) is 0 Å². The molecule has 5 heteroatoms. The Hall–Kier alpha value is 0.883. The van der Waals surface area contributed by atoms with E-state index in [1.807, 2.05) is 10.6 Å². The molecular weight excluding hydrogens is 401 g/mol. The van der Waals surface area contributed by atoms with Gasteiger partial charge in [-0.05, 0) is 0 Å². The van der Waals surface area contributed by atoms with Crippen LogP contribution in [0.15, 0.2) is 22.3 Å². The van der Waals surface area contributed by atoms with Gasteiger partial charge in [0.2, 0.25) is 0 Å². The topological polar surface area (TPSA) is 46.1 Å². The summed E-state index contributed by atoms with van der Waals surface area (Å²) in [6.07, 6.45) is 0. The van der Waals surface area contributed by atoms with E-state index in [1.165, 1.54) is 0 Å². The summed E-state index contributed by atoms with van der Waals surface area (Å²) >= 11 is -0.231. The van der Waals surface area contributed by atoms with Gasteiger partial charge in [0.25, 0.3) is 0 Å². The van der Waals surface area contributed by atoms with Gasteiger partial charge in [-0.1, -0.05) is 0 Å². The van der Waals surface area contributed by atoms with E-state index in [0.717, 1.165) is 25.5 Å². The summed E-state index contributed by atoms with van der Waals surface area (Å²) in [6.45, 7) is 19.5. The molecule has 2 aliphatic rings. The second-order valence-corrected chi connectivity index (χ2v) is 25.6. The van der Waals surface area contributed by atoms with Gasteiger partial charge in [-0.2, -0.15) is 14.2 Å². The van der Waals surface area contributed by atoms with E-state index in [-0.39, 0.29) is 31.7 Å². The van der Waals surface area contributed by atoms with Crippen molar-refractivity contribution in [2.45, 2.75) is 66.7 Å². The molecule has 0 saturated carbocycles. The zero-order chi connectivity index (χ0) is 18.5. The van der Waals surface area contributed by atoms with Gasteiger partial charge in [-0.25, -0.2) is 0 Å². The molecule has 2 aliphatic heterocycles. The second-order valence-electron chi connectivity index (χ2n) is 6.26. The fourth-order valence-electron chi connectivity index (χ4n) is 3.28. The fourth-order valence-corrected chi connectivity index (χ4v) is 41.7. The molecule has 0 radical (unpaired) electrons. The van der Waals surface area contributed by atoms with Crippen LogP contribution in [0, 0.1) is 0 Å². The van der Waals surface area contributed by atoms with Crippen LogP contribution in [0.5, 0.6) is 0 Å². The van der Waals surface area contributed by atoms with Gasteiger partial charge in [-0.3, -0.25) is 0 Å². The van der Waals surface area contributed by atoms with E-state index in [4.69, 9.17) is 10.2 Å². The normalized spacial score (nSPS) is 29.9. The molecule has 4 unspecified atom stereocenters. The Labute approximate surface area is 155 Å². The molecule has 0 aromatic heterocycles. The average molecular weight is 436 g/mol. The van der Waals surface area contributed by atoms with Gasteiger partial charge in [0.15, 0.2) is 0 Å². The van der Waals surface area contributed by atoms with Crippen LogP contribution in [0.25, 0.3) is 0 Å². The van der Waals surface area contributed by atoms with Crippen LogP contribution < -0.4 is 10.2 Å². The third kappa shape index (κ3) is 4.95. The molecule has 2 heterocycles. The van der Waals surface area contributed by atoms with E-state index >= 15 is 0 Å². The molecule has 132 valence electrons.